The first-order chi connectivity index (χ1) is 14.9. The average Bonchev–Trinajstić information content (AvgIpc) is 2.84. The fourth-order valence-electron chi connectivity index (χ4n) is 3.54. The molecule has 4 heteroatoms. The Bertz CT molecular complexity index is 1250. The van der Waals surface area contributed by atoms with Crippen LogP contribution in [0, 0.1) is 12.1 Å². The third-order valence-electron chi connectivity index (χ3n) is 4.97. The molecule has 31 heavy (non-hydrogen) atoms. The molecule has 3 heterocycles. The van der Waals surface area contributed by atoms with Gasteiger partial charge in [0, 0.05) is 38.2 Å². The van der Waals surface area contributed by atoms with Gasteiger partial charge in [-0.05, 0) is 34.7 Å². The van der Waals surface area contributed by atoms with Crippen molar-refractivity contribution in [2.24, 2.45) is 0 Å². The summed E-state index contributed by atoms with van der Waals surface area (Å²) in [6.45, 7) is 0.616. The third kappa shape index (κ3) is 4.41. The Morgan fingerprint density at radius 3 is 2.45 bits per heavy atom. The van der Waals surface area contributed by atoms with Crippen molar-refractivity contribution in [3.8, 4) is 28.3 Å². The molecule has 0 atom stereocenters. The number of hydrogen-bond donors (Lipinski definition) is 0. The van der Waals surface area contributed by atoms with Gasteiger partial charge in [-0.25, -0.2) is 0 Å². The van der Waals surface area contributed by atoms with Gasteiger partial charge < -0.3 is 14.7 Å². The molecule has 1 aliphatic rings. The van der Waals surface area contributed by atoms with Gasteiger partial charge in [-0.1, -0.05) is 29.8 Å². The van der Waals surface area contributed by atoms with E-state index in [1.165, 1.54) is 10.8 Å². The van der Waals surface area contributed by atoms with Crippen LogP contribution >= 0.6 is 0 Å². The SMILES string of the molecule is [Ir].[c-]1cccc2c1-c1ncccc1OC2.[c-]1ccccc1-c1nccc2ccccc12. The van der Waals surface area contributed by atoms with Gasteiger partial charge in [0.2, 0.25) is 0 Å². The van der Waals surface area contributed by atoms with Crippen LogP contribution < -0.4 is 4.74 Å². The maximum atomic E-state index is 5.57. The number of ether oxygens (including phenoxy) is 1. The largest absolute Gasteiger partial charge is 0.506 e. The second-order valence-corrected chi connectivity index (χ2v) is 6.87. The van der Waals surface area contributed by atoms with E-state index in [0.29, 0.717) is 6.61 Å². The molecule has 0 saturated heterocycles. The van der Waals surface area contributed by atoms with Crippen molar-refractivity contribution >= 4 is 10.8 Å². The Labute approximate surface area is 195 Å². The summed E-state index contributed by atoms with van der Waals surface area (Å²) in [5, 5.41) is 2.39. The van der Waals surface area contributed by atoms with Gasteiger partial charge in [0.25, 0.3) is 0 Å². The van der Waals surface area contributed by atoms with Gasteiger partial charge in [-0.2, -0.15) is 0 Å². The van der Waals surface area contributed by atoms with E-state index < -0.39 is 0 Å². The van der Waals surface area contributed by atoms with Crippen LogP contribution in [0.2, 0.25) is 0 Å². The third-order valence-corrected chi connectivity index (χ3v) is 4.97. The molecule has 153 valence electrons. The monoisotopic (exact) mass is 579 g/mol. The summed E-state index contributed by atoms with van der Waals surface area (Å²) >= 11 is 0. The molecule has 0 amide bonds. The van der Waals surface area contributed by atoms with Crippen molar-refractivity contribution in [1.29, 1.82) is 0 Å². The molecule has 0 spiro atoms. The predicted octanol–water partition coefficient (Wildman–Crippen LogP) is 6.14. The van der Waals surface area contributed by atoms with Crippen LogP contribution in [-0.4, -0.2) is 9.97 Å². The van der Waals surface area contributed by atoms with Crippen LogP contribution in [-0.2, 0) is 26.7 Å². The zero-order valence-corrected chi connectivity index (χ0v) is 19.0. The van der Waals surface area contributed by atoms with Crippen molar-refractivity contribution in [1.82, 2.24) is 9.97 Å². The van der Waals surface area contributed by atoms with Gasteiger partial charge in [-0.3, -0.25) is 0 Å². The van der Waals surface area contributed by atoms with Crippen LogP contribution in [0.4, 0.5) is 0 Å². The van der Waals surface area contributed by atoms with Crippen molar-refractivity contribution in [2.45, 2.75) is 6.61 Å². The number of rotatable bonds is 1. The predicted molar refractivity (Wildman–Crippen MR) is 119 cm³/mol. The van der Waals surface area contributed by atoms with E-state index in [9.17, 15) is 0 Å². The van der Waals surface area contributed by atoms with Crippen LogP contribution in [0.15, 0.2) is 97.3 Å². The second-order valence-electron chi connectivity index (χ2n) is 6.87. The van der Waals surface area contributed by atoms with Crippen LogP contribution in [0.1, 0.15) is 5.56 Å². The molecule has 0 aliphatic carbocycles. The summed E-state index contributed by atoms with van der Waals surface area (Å²) in [5.74, 6) is 0.849. The Morgan fingerprint density at radius 2 is 1.55 bits per heavy atom. The summed E-state index contributed by atoms with van der Waals surface area (Å²) in [5.41, 5.74) is 5.15. The van der Waals surface area contributed by atoms with E-state index in [1.54, 1.807) is 6.20 Å². The Balaban J connectivity index is 0.000000146. The molecule has 0 saturated carbocycles. The molecule has 0 bridgehead atoms. The Kier molecular flexibility index (Phi) is 6.51. The summed E-state index contributed by atoms with van der Waals surface area (Å²) in [6, 6.07) is 34.4. The normalized spacial score (nSPS) is 11.1. The molecule has 3 aromatic carbocycles. The van der Waals surface area contributed by atoms with Crippen molar-refractivity contribution in [3.05, 3.63) is 115 Å². The van der Waals surface area contributed by atoms with E-state index in [4.69, 9.17) is 4.74 Å². The van der Waals surface area contributed by atoms with Gasteiger partial charge in [0.05, 0.1) is 6.61 Å². The second kappa shape index (κ2) is 9.65. The summed E-state index contributed by atoms with van der Waals surface area (Å²) < 4.78 is 5.57. The summed E-state index contributed by atoms with van der Waals surface area (Å²) in [4.78, 5) is 8.75. The molecule has 6 rings (SSSR count). The fraction of sp³-hybridized carbons (Fsp3) is 0.0370. The van der Waals surface area contributed by atoms with Crippen LogP contribution in [0.5, 0.6) is 5.75 Å². The standard InChI is InChI=1S/C15H10N.C12H8NO.Ir/c1-2-7-13(8-3-1)15-14-9-5-4-6-12(14)10-11-16-15;1-2-5-10-9(4-1)8-14-11-6-3-7-13-12(10)11;/h1-7,9-11H;1-4,6-7H,8H2;/q2*-1;. The first-order valence-electron chi connectivity index (χ1n) is 9.79. The molecule has 5 aromatic rings. The first-order valence-corrected chi connectivity index (χ1v) is 9.79. The van der Waals surface area contributed by atoms with E-state index in [2.05, 4.69) is 34.2 Å². The number of hydrogen-bond acceptors (Lipinski definition) is 3. The molecule has 0 fully saturated rings. The van der Waals surface area contributed by atoms with Crippen LogP contribution in [0.25, 0.3) is 33.3 Å². The summed E-state index contributed by atoms with van der Waals surface area (Å²) in [7, 11) is 0. The van der Waals surface area contributed by atoms with Crippen molar-refractivity contribution in [2.75, 3.05) is 0 Å². The number of fused-ring (bicyclic) bond motifs is 4. The van der Waals surface area contributed by atoms with Gasteiger partial charge in [-0.15, -0.1) is 65.7 Å². The summed E-state index contributed by atoms with van der Waals surface area (Å²) in [6.07, 6.45) is 3.62. The molecule has 2 aromatic heterocycles. The zero-order valence-electron chi connectivity index (χ0n) is 16.6. The van der Waals surface area contributed by atoms with E-state index in [1.807, 2.05) is 79.0 Å². The fourth-order valence-corrected chi connectivity index (χ4v) is 3.54. The number of nitrogens with zero attached hydrogens (tertiary/aromatic N) is 2. The molecule has 1 aliphatic heterocycles. The molecular weight excluding hydrogens is 561 g/mol. The number of aromatic nitrogens is 2. The molecule has 1 radical (unpaired) electrons. The zero-order chi connectivity index (χ0) is 20.2. The van der Waals surface area contributed by atoms with Gasteiger partial charge in [0.1, 0.15) is 5.75 Å². The Hall–Kier alpha value is -3.33. The first kappa shape index (κ1) is 20.9. The van der Waals surface area contributed by atoms with Crippen LogP contribution in [0.3, 0.4) is 0 Å². The van der Waals surface area contributed by atoms with E-state index in [-0.39, 0.29) is 20.1 Å². The van der Waals surface area contributed by atoms with E-state index >= 15 is 0 Å². The molecule has 0 N–H and O–H groups in total. The molecule has 3 nitrogen and oxygen atoms in total. The minimum Gasteiger partial charge on any atom is -0.506 e. The number of pyridine rings is 2. The smallest absolute Gasteiger partial charge is 0.103 e. The van der Waals surface area contributed by atoms with Gasteiger partial charge in [0.15, 0.2) is 0 Å². The molecular formula is C27H18IrN2O-2. The minimum absolute atomic E-state index is 0. The minimum atomic E-state index is 0. The molecule has 0 unspecified atom stereocenters. The maximum absolute atomic E-state index is 5.57. The van der Waals surface area contributed by atoms with E-state index in [0.717, 1.165) is 33.8 Å². The quantitative estimate of drug-likeness (QED) is 0.224. The van der Waals surface area contributed by atoms with Gasteiger partial charge >= 0.3 is 0 Å². The average molecular weight is 579 g/mol. The maximum Gasteiger partial charge on any atom is 0.103 e. The number of benzene rings is 3. The Morgan fingerprint density at radius 1 is 0.710 bits per heavy atom. The topological polar surface area (TPSA) is 35.0 Å². The van der Waals surface area contributed by atoms with Crippen molar-refractivity contribution < 1.29 is 24.8 Å². The van der Waals surface area contributed by atoms with Crippen molar-refractivity contribution in [3.63, 3.8) is 0 Å².